The number of Topliss-reactive ketones (excluding diaryl/α,β-unsaturated/α-hetero) is 1. The highest BCUT2D eigenvalue weighted by Gasteiger charge is 2.26. The smallest absolute Gasteiger partial charge is 0.330 e. The molecule has 11 nitrogen and oxygen atoms in total. The van der Waals surface area contributed by atoms with Gasteiger partial charge in [0.25, 0.3) is 5.56 Å². The SMILES string of the molecule is COCCn1c(N)c(C(=O)CN2CCCC(NS(C)(=O)=O)C2)c(=O)[nH]c1=O. The molecule has 0 aliphatic carbocycles. The summed E-state index contributed by atoms with van der Waals surface area (Å²) in [7, 11) is -1.89. The summed E-state index contributed by atoms with van der Waals surface area (Å²) in [5, 5.41) is 0. The van der Waals surface area contributed by atoms with Crippen molar-refractivity contribution < 1.29 is 17.9 Å². The zero-order valence-electron chi connectivity index (χ0n) is 15.4. The minimum atomic E-state index is -3.35. The molecule has 152 valence electrons. The Hall–Kier alpha value is -2.02. The Balaban J connectivity index is 2.18. The number of H-pyrrole nitrogens is 1. The maximum Gasteiger partial charge on any atom is 0.330 e. The van der Waals surface area contributed by atoms with Gasteiger partial charge in [0.2, 0.25) is 10.0 Å². The minimum Gasteiger partial charge on any atom is -0.384 e. The van der Waals surface area contributed by atoms with Crippen LogP contribution in [-0.2, 0) is 21.3 Å². The molecular weight excluding hydrogens is 378 g/mol. The van der Waals surface area contributed by atoms with Crippen LogP contribution in [0.2, 0.25) is 0 Å². The van der Waals surface area contributed by atoms with E-state index in [-0.39, 0.29) is 37.1 Å². The van der Waals surface area contributed by atoms with E-state index < -0.39 is 27.1 Å². The minimum absolute atomic E-state index is 0.0995. The molecule has 4 N–H and O–H groups in total. The lowest BCUT2D eigenvalue weighted by molar-refractivity contribution is 0.0903. The number of ketones is 1. The molecule has 1 unspecified atom stereocenters. The first kappa shape index (κ1) is 21.3. The summed E-state index contributed by atoms with van der Waals surface area (Å²) in [4.78, 5) is 40.5. The van der Waals surface area contributed by atoms with E-state index in [0.717, 1.165) is 10.8 Å². The first-order chi connectivity index (χ1) is 12.6. The Morgan fingerprint density at radius 1 is 1.41 bits per heavy atom. The van der Waals surface area contributed by atoms with Gasteiger partial charge < -0.3 is 10.5 Å². The van der Waals surface area contributed by atoms with Crippen molar-refractivity contribution in [3.05, 3.63) is 26.4 Å². The van der Waals surface area contributed by atoms with E-state index in [1.165, 1.54) is 7.11 Å². The van der Waals surface area contributed by atoms with E-state index in [2.05, 4.69) is 9.71 Å². The molecule has 2 rings (SSSR count). The topological polar surface area (TPSA) is 157 Å². The Kier molecular flexibility index (Phi) is 6.92. The highest BCUT2D eigenvalue weighted by molar-refractivity contribution is 7.88. The van der Waals surface area contributed by atoms with Crippen molar-refractivity contribution in [2.45, 2.75) is 25.4 Å². The fourth-order valence-corrected chi connectivity index (χ4v) is 3.94. The van der Waals surface area contributed by atoms with Crippen molar-refractivity contribution >= 4 is 21.6 Å². The standard InChI is InChI=1S/C15H25N5O6S/c1-26-7-6-20-13(16)12(14(22)17-15(20)23)11(21)9-19-5-3-4-10(8-19)18-27(2,24)25/h10,18H,3-9,16H2,1-2H3,(H,17,22,23). The molecule has 12 heteroatoms. The summed E-state index contributed by atoms with van der Waals surface area (Å²) in [6.07, 6.45) is 2.46. The van der Waals surface area contributed by atoms with Crippen LogP contribution in [-0.4, -0.2) is 74.3 Å². The molecule has 0 amide bonds. The molecule has 1 aromatic rings. The number of methoxy groups -OCH3 is 1. The van der Waals surface area contributed by atoms with Gasteiger partial charge in [0.15, 0.2) is 5.78 Å². The van der Waals surface area contributed by atoms with E-state index in [9.17, 15) is 22.8 Å². The average Bonchev–Trinajstić information content (AvgIpc) is 2.53. The molecule has 1 atom stereocenters. The molecule has 0 radical (unpaired) electrons. The van der Waals surface area contributed by atoms with Crippen molar-refractivity contribution in [2.24, 2.45) is 0 Å². The van der Waals surface area contributed by atoms with E-state index in [1.807, 2.05) is 0 Å². The number of hydrogen-bond donors (Lipinski definition) is 3. The van der Waals surface area contributed by atoms with Gasteiger partial charge in [0, 0.05) is 19.7 Å². The molecule has 0 aromatic carbocycles. The number of piperidine rings is 1. The van der Waals surface area contributed by atoms with Crippen molar-refractivity contribution in [3.63, 3.8) is 0 Å². The van der Waals surface area contributed by atoms with Crippen LogP contribution in [0.25, 0.3) is 0 Å². The molecule has 0 saturated carbocycles. The lowest BCUT2D eigenvalue weighted by atomic mass is 10.1. The van der Waals surface area contributed by atoms with Crippen LogP contribution < -0.4 is 21.7 Å². The lowest BCUT2D eigenvalue weighted by Gasteiger charge is -2.32. The number of nitrogens with zero attached hydrogens (tertiary/aromatic N) is 2. The van der Waals surface area contributed by atoms with E-state index >= 15 is 0 Å². The zero-order valence-corrected chi connectivity index (χ0v) is 16.2. The van der Waals surface area contributed by atoms with Gasteiger partial charge in [-0.15, -0.1) is 0 Å². The highest BCUT2D eigenvalue weighted by Crippen LogP contribution is 2.13. The van der Waals surface area contributed by atoms with Crippen LogP contribution in [0.15, 0.2) is 9.59 Å². The second-order valence-corrected chi connectivity index (χ2v) is 8.33. The molecular formula is C15H25N5O6S. The number of carbonyl (C=O) groups is 1. The van der Waals surface area contributed by atoms with Crippen LogP contribution in [0, 0.1) is 0 Å². The summed E-state index contributed by atoms with van der Waals surface area (Å²) in [6.45, 7) is 1.13. The van der Waals surface area contributed by atoms with E-state index in [1.54, 1.807) is 4.90 Å². The number of nitrogen functional groups attached to an aromatic ring is 1. The number of nitrogens with two attached hydrogens (primary N) is 1. The molecule has 0 bridgehead atoms. The number of nitrogens with one attached hydrogen (secondary N) is 2. The van der Waals surface area contributed by atoms with Gasteiger partial charge in [-0.3, -0.25) is 24.0 Å². The van der Waals surface area contributed by atoms with Crippen LogP contribution in [0.4, 0.5) is 5.82 Å². The van der Waals surface area contributed by atoms with Gasteiger partial charge in [0.05, 0.1) is 26.0 Å². The second kappa shape index (κ2) is 8.78. The van der Waals surface area contributed by atoms with Crippen molar-refractivity contribution in [3.8, 4) is 0 Å². The third-order valence-electron chi connectivity index (χ3n) is 4.29. The first-order valence-electron chi connectivity index (χ1n) is 8.46. The van der Waals surface area contributed by atoms with Gasteiger partial charge in [0.1, 0.15) is 11.4 Å². The summed E-state index contributed by atoms with van der Waals surface area (Å²) < 4.78 is 31.3. The molecule has 1 aliphatic heterocycles. The number of ether oxygens (including phenoxy) is 1. The van der Waals surface area contributed by atoms with Crippen LogP contribution in [0.5, 0.6) is 0 Å². The van der Waals surface area contributed by atoms with Crippen LogP contribution in [0.3, 0.4) is 0 Å². The molecule has 1 aromatic heterocycles. The van der Waals surface area contributed by atoms with Gasteiger partial charge in [-0.2, -0.15) is 0 Å². The number of aromatic amines is 1. The first-order valence-corrected chi connectivity index (χ1v) is 10.4. The van der Waals surface area contributed by atoms with Crippen LogP contribution in [0.1, 0.15) is 23.2 Å². The Bertz CT molecular complexity index is 906. The third kappa shape index (κ3) is 5.73. The Morgan fingerprint density at radius 3 is 2.74 bits per heavy atom. The summed E-state index contributed by atoms with van der Waals surface area (Å²) in [5.41, 5.74) is 4.08. The van der Waals surface area contributed by atoms with Crippen molar-refractivity contribution in [1.82, 2.24) is 19.2 Å². The number of carbonyl (C=O) groups excluding carboxylic acids is 1. The number of hydrogen-bond acceptors (Lipinski definition) is 8. The number of aromatic nitrogens is 2. The predicted molar refractivity (Wildman–Crippen MR) is 99.4 cm³/mol. The van der Waals surface area contributed by atoms with Gasteiger partial charge in [-0.25, -0.2) is 17.9 Å². The quantitative estimate of drug-likeness (QED) is 0.419. The van der Waals surface area contributed by atoms with Crippen LogP contribution >= 0.6 is 0 Å². The van der Waals surface area contributed by atoms with Gasteiger partial charge in [-0.05, 0) is 19.4 Å². The summed E-state index contributed by atoms with van der Waals surface area (Å²) in [5.74, 6) is -0.728. The summed E-state index contributed by atoms with van der Waals surface area (Å²) >= 11 is 0. The van der Waals surface area contributed by atoms with Crippen molar-refractivity contribution in [2.75, 3.05) is 45.3 Å². The molecule has 1 fully saturated rings. The van der Waals surface area contributed by atoms with Crippen molar-refractivity contribution in [1.29, 1.82) is 0 Å². The molecule has 27 heavy (non-hydrogen) atoms. The fourth-order valence-electron chi connectivity index (χ4n) is 3.14. The number of sulfonamides is 1. The predicted octanol–water partition coefficient (Wildman–Crippen LogP) is -2.04. The lowest BCUT2D eigenvalue weighted by Crippen LogP contribution is -2.49. The molecule has 1 aliphatic rings. The monoisotopic (exact) mass is 403 g/mol. The maximum atomic E-state index is 12.7. The number of anilines is 1. The largest absolute Gasteiger partial charge is 0.384 e. The molecule has 1 saturated heterocycles. The number of likely N-dealkylation sites (tertiary alicyclic amines) is 1. The number of rotatable bonds is 8. The molecule has 0 spiro atoms. The van der Waals surface area contributed by atoms with E-state index in [0.29, 0.717) is 25.9 Å². The zero-order chi connectivity index (χ0) is 20.2. The highest BCUT2D eigenvalue weighted by atomic mass is 32.2. The Labute approximate surface area is 156 Å². The maximum absolute atomic E-state index is 12.7. The third-order valence-corrected chi connectivity index (χ3v) is 5.05. The van der Waals surface area contributed by atoms with E-state index in [4.69, 9.17) is 10.5 Å². The summed E-state index contributed by atoms with van der Waals surface area (Å²) in [6, 6.07) is -0.298. The Morgan fingerprint density at radius 2 is 2.11 bits per heavy atom. The average molecular weight is 403 g/mol. The van der Waals surface area contributed by atoms with Gasteiger partial charge >= 0.3 is 5.69 Å². The fraction of sp³-hybridized carbons (Fsp3) is 0.667. The normalized spacial score (nSPS) is 18.5. The second-order valence-electron chi connectivity index (χ2n) is 6.55. The van der Waals surface area contributed by atoms with Gasteiger partial charge in [-0.1, -0.05) is 0 Å². The molecule has 2 heterocycles.